The van der Waals surface area contributed by atoms with Crippen molar-refractivity contribution in [2.24, 2.45) is 0 Å². The molecule has 0 radical (unpaired) electrons. The highest BCUT2D eigenvalue weighted by molar-refractivity contribution is 9.10. The summed E-state index contributed by atoms with van der Waals surface area (Å²) in [6, 6.07) is 8.87. The number of nitrogen functional groups attached to an aromatic ring is 1. The summed E-state index contributed by atoms with van der Waals surface area (Å²) in [7, 11) is 0. The molecule has 0 aliphatic rings. The number of amides is 1. The van der Waals surface area contributed by atoms with E-state index < -0.39 is 11.7 Å². The highest BCUT2D eigenvalue weighted by Gasteiger charge is 2.09. The van der Waals surface area contributed by atoms with Gasteiger partial charge < -0.3 is 11.1 Å². The van der Waals surface area contributed by atoms with Crippen molar-refractivity contribution < 1.29 is 9.18 Å². The van der Waals surface area contributed by atoms with Crippen LogP contribution in [0.2, 0.25) is 5.02 Å². The standard InChI is InChI=1S/C13H9BrClFN2O/c14-9-3-1-7(5-11(9)16)13(19)18-8-2-4-10(15)12(17)6-8/h1-6H,17H2,(H,18,19). The lowest BCUT2D eigenvalue weighted by Gasteiger charge is -2.07. The van der Waals surface area contributed by atoms with Gasteiger partial charge in [-0.3, -0.25) is 4.79 Å². The Morgan fingerprint density at radius 1 is 1.26 bits per heavy atom. The first-order chi connectivity index (χ1) is 8.97. The van der Waals surface area contributed by atoms with Gasteiger partial charge in [0, 0.05) is 11.3 Å². The molecule has 0 bridgehead atoms. The minimum absolute atomic E-state index is 0.217. The summed E-state index contributed by atoms with van der Waals surface area (Å²) in [4.78, 5) is 11.9. The van der Waals surface area contributed by atoms with Gasteiger partial charge in [-0.1, -0.05) is 11.6 Å². The zero-order valence-corrected chi connectivity index (χ0v) is 11.9. The molecule has 2 rings (SSSR count). The van der Waals surface area contributed by atoms with E-state index in [0.29, 0.717) is 20.9 Å². The van der Waals surface area contributed by atoms with Crippen LogP contribution in [0.25, 0.3) is 0 Å². The molecular formula is C13H9BrClFN2O. The van der Waals surface area contributed by atoms with E-state index in [0.717, 1.165) is 6.07 Å². The van der Waals surface area contributed by atoms with Crippen molar-refractivity contribution in [3.05, 3.63) is 57.3 Å². The van der Waals surface area contributed by atoms with Crippen LogP contribution < -0.4 is 11.1 Å². The van der Waals surface area contributed by atoms with Gasteiger partial charge in [-0.2, -0.15) is 0 Å². The van der Waals surface area contributed by atoms with Crippen molar-refractivity contribution in [1.82, 2.24) is 0 Å². The monoisotopic (exact) mass is 342 g/mol. The molecule has 6 heteroatoms. The molecule has 19 heavy (non-hydrogen) atoms. The lowest BCUT2D eigenvalue weighted by Crippen LogP contribution is -2.12. The van der Waals surface area contributed by atoms with Crippen LogP contribution in [0.3, 0.4) is 0 Å². The first-order valence-corrected chi connectivity index (χ1v) is 6.46. The first kappa shape index (κ1) is 13.8. The fourth-order valence-corrected chi connectivity index (χ4v) is 1.83. The van der Waals surface area contributed by atoms with Gasteiger partial charge in [0.25, 0.3) is 5.91 Å². The fourth-order valence-electron chi connectivity index (χ4n) is 1.46. The van der Waals surface area contributed by atoms with Gasteiger partial charge in [0.15, 0.2) is 0 Å². The highest BCUT2D eigenvalue weighted by Crippen LogP contribution is 2.23. The third kappa shape index (κ3) is 3.24. The molecule has 3 N–H and O–H groups in total. The molecule has 0 fully saturated rings. The van der Waals surface area contributed by atoms with Gasteiger partial charge in [-0.05, 0) is 52.3 Å². The van der Waals surface area contributed by atoms with E-state index in [4.69, 9.17) is 17.3 Å². The minimum Gasteiger partial charge on any atom is -0.397 e. The Bertz CT molecular complexity index is 649. The van der Waals surface area contributed by atoms with Crippen molar-refractivity contribution in [2.45, 2.75) is 0 Å². The van der Waals surface area contributed by atoms with Crippen LogP contribution in [-0.2, 0) is 0 Å². The van der Waals surface area contributed by atoms with Crippen molar-refractivity contribution in [1.29, 1.82) is 0 Å². The Kier molecular flexibility index (Phi) is 4.07. The van der Waals surface area contributed by atoms with Crippen LogP contribution in [-0.4, -0.2) is 5.91 Å². The van der Waals surface area contributed by atoms with Gasteiger partial charge in [0.1, 0.15) is 5.82 Å². The van der Waals surface area contributed by atoms with E-state index in [1.807, 2.05) is 0 Å². The number of benzene rings is 2. The molecule has 2 aromatic carbocycles. The molecule has 0 heterocycles. The third-order valence-corrected chi connectivity index (χ3v) is 3.42. The Morgan fingerprint density at radius 2 is 2.00 bits per heavy atom. The molecule has 0 aliphatic carbocycles. The van der Waals surface area contributed by atoms with Crippen LogP contribution in [0.5, 0.6) is 0 Å². The summed E-state index contributed by atoms with van der Waals surface area (Å²) < 4.78 is 13.6. The summed E-state index contributed by atoms with van der Waals surface area (Å²) in [5, 5.41) is 3.02. The number of hydrogen-bond donors (Lipinski definition) is 2. The number of carbonyl (C=O) groups is 1. The minimum atomic E-state index is -0.497. The third-order valence-electron chi connectivity index (χ3n) is 2.44. The lowest BCUT2D eigenvalue weighted by atomic mass is 10.2. The van der Waals surface area contributed by atoms with E-state index in [9.17, 15) is 9.18 Å². The Labute approximate surface area is 122 Å². The van der Waals surface area contributed by atoms with Gasteiger partial charge in [0.2, 0.25) is 0 Å². The number of halogens is 3. The maximum Gasteiger partial charge on any atom is 0.255 e. The Morgan fingerprint density at radius 3 is 2.63 bits per heavy atom. The quantitative estimate of drug-likeness (QED) is 0.807. The average molecular weight is 344 g/mol. The molecule has 98 valence electrons. The zero-order chi connectivity index (χ0) is 14.0. The second kappa shape index (κ2) is 5.59. The van der Waals surface area contributed by atoms with Crippen LogP contribution in [0.4, 0.5) is 15.8 Å². The van der Waals surface area contributed by atoms with Crippen molar-refractivity contribution in [3.8, 4) is 0 Å². The summed E-state index contributed by atoms with van der Waals surface area (Å²) in [6.45, 7) is 0. The predicted octanol–water partition coefficient (Wildman–Crippen LogP) is 4.08. The van der Waals surface area contributed by atoms with E-state index in [-0.39, 0.29) is 5.56 Å². The molecule has 0 spiro atoms. The molecule has 1 amide bonds. The van der Waals surface area contributed by atoms with Crippen LogP contribution in [0, 0.1) is 5.82 Å². The summed E-state index contributed by atoms with van der Waals surface area (Å²) >= 11 is 8.80. The number of carbonyl (C=O) groups excluding carboxylic acids is 1. The molecule has 0 unspecified atom stereocenters. The molecule has 3 nitrogen and oxygen atoms in total. The topological polar surface area (TPSA) is 55.1 Å². The highest BCUT2D eigenvalue weighted by atomic mass is 79.9. The number of nitrogens with two attached hydrogens (primary N) is 1. The Hall–Kier alpha value is -1.59. The van der Waals surface area contributed by atoms with Crippen LogP contribution >= 0.6 is 27.5 Å². The Balaban J connectivity index is 2.20. The molecule has 0 saturated carbocycles. The molecule has 2 aromatic rings. The van der Waals surface area contributed by atoms with Gasteiger partial charge in [-0.15, -0.1) is 0 Å². The fraction of sp³-hybridized carbons (Fsp3) is 0. The second-order valence-corrected chi connectivity index (χ2v) is 5.08. The van der Waals surface area contributed by atoms with Crippen LogP contribution in [0.1, 0.15) is 10.4 Å². The van der Waals surface area contributed by atoms with Crippen molar-refractivity contribution >= 4 is 44.8 Å². The first-order valence-electron chi connectivity index (χ1n) is 5.29. The summed E-state index contributed by atoms with van der Waals surface area (Å²) in [5.41, 5.74) is 6.70. The van der Waals surface area contributed by atoms with E-state index in [1.54, 1.807) is 12.1 Å². The SMILES string of the molecule is Nc1cc(NC(=O)c2ccc(Br)c(F)c2)ccc1Cl. The molecular weight excluding hydrogens is 335 g/mol. The van der Waals surface area contributed by atoms with Gasteiger partial charge >= 0.3 is 0 Å². The number of rotatable bonds is 2. The number of anilines is 2. The maximum absolute atomic E-state index is 13.3. The maximum atomic E-state index is 13.3. The normalized spacial score (nSPS) is 10.3. The van der Waals surface area contributed by atoms with Crippen LogP contribution in [0.15, 0.2) is 40.9 Å². The lowest BCUT2D eigenvalue weighted by molar-refractivity contribution is 0.102. The van der Waals surface area contributed by atoms with E-state index >= 15 is 0 Å². The predicted molar refractivity (Wildman–Crippen MR) is 77.9 cm³/mol. The van der Waals surface area contributed by atoms with Gasteiger partial charge in [-0.25, -0.2) is 4.39 Å². The van der Waals surface area contributed by atoms with Crippen molar-refractivity contribution in [2.75, 3.05) is 11.1 Å². The summed E-state index contributed by atoms with van der Waals surface area (Å²) in [5.74, 6) is -0.920. The van der Waals surface area contributed by atoms with E-state index in [2.05, 4.69) is 21.2 Å². The second-order valence-electron chi connectivity index (χ2n) is 3.82. The molecule has 0 aromatic heterocycles. The number of hydrogen-bond acceptors (Lipinski definition) is 2. The smallest absolute Gasteiger partial charge is 0.255 e. The largest absolute Gasteiger partial charge is 0.397 e. The number of nitrogens with one attached hydrogen (secondary N) is 1. The van der Waals surface area contributed by atoms with E-state index in [1.165, 1.54) is 18.2 Å². The molecule has 0 atom stereocenters. The molecule has 0 aliphatic heterocycles. The summed E-state index contributed by atoms with van der Waals surface area (Å²) in [6.07, 6.45) is 0. The molecule has 0 saturated heterocycles. The van der Waals surface area contributed by atoms with Crippen molar-refractivity contribution in [3.63, 3.8) is 0 Å². The zero-order valence-electron chi connectivity index (χ0n) is 9.58. The van der Waals surface area contributed by atoms with Gasteiger partial charge in [0.05, 0.1) is 15.2 Å². The average Bonchev–Trinajstić information content (AvgIpc) is 2.37.